The molecule has 5 rings (SSSR count). The number of hydrogen-bond acceptors (Lipinski definition) is 5. The van der Waals surface area contributed by atoms with Crippen molar-refractivity contribution in [2.75, 3.05) is 6.54 Å². The van der Waals surface area contributed by atoms with Crippen molar-refractivity contribution in [1.29, 1.82) is 0 Å². The number of fused-ring (bicyclic) bond motifs is 2. The van der Waals surface area contributed by atoms with E-state index < -0.39 is 5.56 Å². The molecule has 0 radical (unpaired) electrons. The molecule has 0 unspecified atom stereocenters. The molecule has 0 atom stereocenters. The largest absolute Gasteiger partial charge is 0.333 e. The third kappa shape index (κ3) is 3.13. The number of carbonyl (C=O) groups is 1. The third-order valence-corrected chi connectivity index (χ3v) is 5.93. The van der Waals surface area contributed by atoms with Crippen molar-refractivity contribution < 1.29 is 9.18 Å². The van der Waals surface area contributed by atoms with Crippen molar-refractivity contribution in [3.63, 3.8) is 0 Å². The van der Waals surface area contributed by atoms with Gasteiger partial charge in [0.25, 0.3) is 17.0 Å². The van der Waals surface area contributed by atoms with Crippen LogP contribution in [0.3, 0.4) is 0 Å². The second-order valence-electron chi connectivity index (χ2n) is 7.02. The van der Waals surface area contributed by atoms with E-state index in [0.717, 1.165) is 11.1 Å². The molecule has 0 aliphatic carbocycles. The molecule has 7 nitrogen and oxygen atoms in total. The molecule has 1 amide bonds. The van der Waals surface area contributed by atoms with Gasteiger partial charge in [-0.25, -0.2) is 4.39 Å². The lowest BCUT2D eigenvalue weighted by atomic mass is 10.0. The van der Waals surface area contributed by atoms with Crippen molar-refractivity contribution in [2.24, 2.45) is 0 Å². The summed E-state index contributed by atoms with van der Waals surface area (Å²) in [5, 5.41) is 1.77. The van der Waals surface area contributed by atoms with E-state index in [9.17, 15) is 18.8 Å². The highest BCUT2D eigenvalue weighted by molar-refractivity contribution is 7.15. The molecule has 0 spiro atoms. The molecule has 3 aromatic heterocycles. The van der Waals surface area contributed by atoms with Gasteiger partial charge in [0.2, 0.25) is 0 Å². The average Bonchev–Trinajstić information content (AvgIpc) is 3.21. The second kappa shape index (κ2) is 7.03. The van der Waals surface area contributed by atoms with Gasteiger partial charge >= 0.3 is 0 Å². The highest BCUT2D eigenvalue weighted by Crippen LogP contribution is 2.21. The predicted octanol–water partition coefficient (Wildman–Crippen LogP) is 2.24. The summed E-state index contributed by atoms with van der Waals surface area (Å²) >= 11 is 1.29. The van der Waals surface area contributed by atoms with Gasteiger partial charge in [0.05, 0.1) is 0 Å². The Labute approximate surface area is 173 Å². The topological polar surface area (TPSA) is 76.7 Å². The molecular formula is C21H15FN4O3S. The molecular weight excluding hydrogens is 407 g/mol. The fraction of sp³-hybridized carbons (Fsp3) is 0.143. The first-order valence-electron chi connectivity index (χ1n) is 9.26. The predicted molar refractivity (Wildman–Crippen MR) is 110 cm³/mol. The Morgan fingerprint density at radius 2 is 1.90 bits per heavy atom. The Morgan fingerprint density at radius 3 is 2.70 bits per heavy atom. The number of pyridine rings is 1. The number of benzene rings is 1. The molecule has 0 bridgehead atoms. The number of thiazole rings is 1. The summed E-state index contributed by atoms with van der Waals surface area (Å²) in [6.07, 6.45) is 3.94. The van der Waals surface area contributed by atoms with Gasteiger partial charge in [-0.05, 0) is 41.8 Å². The fourth-order valence-corrected chi connectivity index (χ4v) is 4.40. The van der Waals surface area contributed by atoms with Gasteiger partial charge in [-0.1, -0.05) is 0 Å². The molecule has 1 aliphatic rings. The van der Waals surface area contributed by atoms with Gasteiger partial charge in [0.1, 0.15) is 11.5 Å². The molecule has 9 heteroatoms. The highest BCUT2D eigenvalue weighted by Gasteiger charge is 2.25. The Hall–Kier alpha value is -3.59. The van der Waals surface area contributed by atoms with Crippen molar-refractivity contribution in [2.45, 2.75) is 13.0 Å². The van der Waals surface area contributed by atoms with Crippen LogP contribution in [0.4, 0.5) is 4.39 Å². The highest BCUT2D eigenvalue weighted by atomic mass is 32.1. The van der Waals surface area contributed by atoms with E-state index in [1.807, 2.05) is 0 Å². The van der Waals surface area contributed by atoms with Crippen LogP contribution >= 0.6 is 11.3 Å². The van der Waals surface area contributed by atoms with Crippen molar-refractivity contribution >= 4 is 22.2 Å². The number of halogens is 1. The zero-order valence-corrected chi connectivity index (χ0v) is 16.4. The van der Waals surface area contributed by atoms with Crippen LogP contribution in [-0.4, -0.2) is 31.3 Å². The molecule has 1 aromatic carbocycles. The van der Waals surface area contributed by atoms with E-state index in [1.165, 1.54) is 46.2 Å². The zero-order chi connectivity index (χ0) is 20.8. The lowest BCUT2D eigenvalue weighted by Gasteiger charge is -2.29. The van der Waals surface area contributed by atoms with Gasteiger partial charge in [-0.3, -0.25) is 23.4 Å². The summed E-state index contributed by atoms with van der Waals surface area (Å²) in [5.41, 5.74) is 1.87. The number of rotatable bonds is 2. The van der Waals surface area contributed by atoms with Crippen LogP contribution in [0.15, 0.2) is 63.8 Å². The molecule has 30 heavy (non-hydrogen) atoms. The number of nitrogens with zero attached hydrogens (tertiary/aromatic N) is 4. The van der Waals surface area contributed by atoms with E-state index in [-0.39, 0.29) is 23.0 Å². The van der Waals surface area contributed by atoms with E-state index in [0.29, 0.717) is 30.2 Å². The van der Waals surface area contributed by atoms with Crippen LogP contribution < -0.4 is 11.1 Å². The van der Waals surface area contributed by atoms with Gasteiger partial charge in [0, 0.05) is 48.7 Å². The number of amides is 1. The molecule has 1 aliphatic heterocycles. The van der Waals surface area contributed by atoms with Gasteiger partial charge in [-0.2, -0.15) is 4.98 Å². The van der Waals surface area contributed by atoms with Crippen molar-refractivity contribution in [1.82, 2.24) is 18.9 Å². The molecule has 0 saturated heterocycles. The van der Waals surface area contributed by atoms with Crippen LogP contribution in [0.5, 0.6) is 0 Å². The van der Waals surface area contributed by atoms with Crippen LogP contribution in [0.1, 0.15) is 21.6 Å². The summed E-state index contributed by atoms with van der Waals surface area (Å²) in [4.78, 5) is 43.6. The molecule has 150 valence electrons. The van der Waals surface area contributed by atoms with E-state index >= 15 is 0 Å². The minimum Gasteiger partial charge on any atom is -0.333 e. The quantitative estimate of drug-likeness (QED) is 0.497. The van der Waals surface area contributed by atoms with Crippen LogP contribution in [0.25, 0.3) is 10.6 Å². The molecule has 4 heterocycles. The Balaban J connectivity index is 1.51. The molecule has 0 N–H and O–H groups in total. The first kappa shape index (κ1) is 18.4. The second-order valence-corrected chi connectivity index (χ2v) is 7.89. The normalized spacial score (nSPS) is 13.4. The summed E-state index contributed by atoms with van der Waals surface area (Å²) < 4.78 is 16.3. The summed E-state index contributed by atoms with van der Waals surface area (Å²) in [5.74, 6) is -0.651. The minimum absolute atomic E-state index is 0.208. The zero-order valence-electron chi connectivity index (χ0n) is 15.6. The lowest BCUT2D eigenvalue weighted by molar-refractivity contribution is 0.0726. The SMILES string of the molecule is O=C(c1cc(=O)nc2sccn12)N1CCc2cc(=O)n(-c3ccc(F)cc3)cc2C1. The number of hydrogen-bond donors (Lipinski definition) is 0. The Bertz CT molecular complexity index is 1400. The number of aromatic nitrogens is 3. The van der Waals surface area contributed by atoms with E-state index in [4.69, 9.17) is 0 Å². The molecule has 4 aromatic rings. The van der Waals surface area contributed by atoms with Crippen molar-refractivity contribution in [3.8, 4) is 5.69 Å². The third-order valence-electron chi connectivity index (χ3n) is 5.17. The maximum absolute atomic E-state index is 13.2. The Kier molecular flexibility index (Phi) is 4.32. The standard InChI is InChI=1S/C21H15FN4O3S/c22-15-1-3-16(4-2-15)26-12-14-11-24(6-5-13(14)9-19(26)28)20(29)17-10-18(27)23-21-25(17)7-8-30-21/h1-4,7-10,12H,5-6,11H2. The average molecular weight is 422 g/mol. The first-order valence-corrected chi connectivity index (χ1v) is 10.1. The van der Waals surface area contributed by atoms with Crippen LogP contribution in [0.2, 0.25) is 0 Å². The lowest BCUT2D eigenvalue weighted by Crippen LogP contribution is -2.38. The van der Waals surface area contributed by atoms with E-state index in [2.05, 4.69) is 4.98 Å². The number of carbonyl (C=O) groups excluding carboxylic acids is 1. The maximum atomic E-state index is 13.2. The van der Waals surface area contributed by atoms with Crippen LogP contribution in [-0.2, 0) is 13.0 Å². The molecule has 0 fully saturated rings. The minimum atomic E-state index is -0.455. The van der Waals surface area contributed by atoms with Crippen LogP contribution in [0, 0.1) is 5.82 Å². The summed E-state index contributed by atoms with van der Waals surface area (Å²) in [7, 11) is 0. The maximum Gasteiger partial charge on any atom is 0.274 e. The fourth-order valence-electron chi connectivity index (χ4n) is 3.68. The van der Waals surface area contributed by atoms with Gasteiger partial charge < -0.3 is 4.90 Å². The first-order chi connectivity index (χ1) is 14.5. The molecule has 0 saturated carbocycles. The Morgan fingerprint density at radius 1 is 1.10 bits per heavy atom. The van der Waals surface area contributed by atoms with E-state index in [1.54, 1.807) is 33.1 Å². The monoisotopic (exact) mass is 422 g/mol. The van der Waals surface area contributed by atoms with Gasteiger partial charge in [0.15, 0.2) is 4.96 Å². The smallest absolute Gasteiger partial charge is 0.274 e. The van der Waals surface area contributed by atoms with Crippen molar-refractivity contribution in [3.05, 3.63) is 97.5 Å². The summed E-state index contributed by atoms with van der Waals surface area (Å²) in [6, 6.07) is 8.47. The summed E-state index contributed by atoms with van der Waals surface area (Å²) in [6.45, 7) is 0.743. The van der Waals surface area contributed by atoms with Gasteiger partial charge in [-0.15, -0.1) is 11.3 Å².